The third-order valence-electron chi connectivity index (χ3n) is 11.4. The largest absolute Gasteiger partial charge is 0.495 e. The Hall–Kier alpha value is -3.48. The van der Waals surface area contributed by atoms with Gasteiger partial charge in [0.15, 0.2) is 0 Å². The number of hydrogen-bond donors (Lipinski definition) is 0. The van der Waals surface area contributed by atoms with E-state index in [-0.39, 0.29) is 17.9 Å². The van der Waals surface area contributed by atoms with E-state index in [0.717, 1.165) is 87.1 Å². The molecule has 0 radical (unpaired) electrons. The summed E-state index contributed by atoms with van der Waals surface area (Å²) in [6.45, 7) is 12.8. The molecular weight excluding hydrogens is 581 g/mol. The van der Waals surface area contributed by atoms with Gasteiger partial charge in [0.05, 0.1) is 11.2 Å². The van der Waals surface area contributed by atoms with Crippen molar-refractivity contribution in [2.75, 3.05) is 0 Å². The zero-order valence-corrected chi connectivity index (χ0v) is 29.0. The van der Waals surface area contributed by atoms with Crippen LogP contribution in [0.2, 0.25) is 0 Å². The Bertz CT molecular complexity index is 1900. The van der Waals surface area contributed by atoms with Gasteiger partial charge in [-0.1, -0.05) is 108 Å². The van der Waals surface area contributed by atoms with Crippen LogP contribution in [0.4, 0.5) is 0 Å². The molecule has 0 saturated carbocycles. The number of unbranched alkanes of at least 4 members (excludes halogenated alkanes) is 6. The molecule has 47 heavy (non-hydrogen) atoms. The number of nitrogens with zero attached hydrogens (tertiary/aromatic N) is 1. The van der Waals surface area contributed by atoms with Crippen LogP contribution < -0.4 is 5.46 Å². The molecule has 0 atom stereocenters. The van der Waals surface area contributed by atoms with E-state index < -0.39 is 18.3 Å². The molecule has 5 aromatic rings. The molecule has 0 bridgehead atoms. The van der Waals surface area contributed by atoms with Crippen LogP contribution in [0.25, 0.3) is 43.1 Å². The summed E-state index contributed by atoms with van der Waals surface area (Å²) in [6, 6.07) is 18.8. The van der Waals surface area contributed by atoms with Crippen LogP contribution >= 0.6 is 0 Å². The summed E-state index contributed by atoms with van der Waals surface area (Å²) in [5.41, 5.74) is 1.44. The molecular formula is C41H48BNO4. The van der Waals surface area contributed by atoms with E-state index in [9.17, 15) is 9.59 Å². The van der Waals surface area contributed by atoms with E-state index in [2.05, 4.69) is 84.0 Å². The van der Waals surface area contributed by atoms with Crippen molar-refractivity contribution in [2.45, 2.75) is 123 Å². The Kier molecular flexibility index (Phi) is 8.33. The van der Waals surface area contributed by atoms with Gasteiger partial charge in [-0.3, -0.25) is 14.5 Å². The van der Waals surface area contributed by atoms with Crippen molar-refractivity contribution in [2.24, 2.45) is 0 Å². The van der Waals surface area contributed by atoms with Gasteiger partial charge in [-0.25, -0.2) is 0 Å². The van der Waals surface area contributed by atoms with Gasteiger partial charge in [-0.2, -0.15) is 0 Å². The fourth-order valence-electron chi connectivity index (χ4n) is 8.05. The lowest BCUT2D eigenvalue weighted by molar-refractivity contribution is 0.00578. The normalized spacial score (nSPS) is 17.5. The highest BCUT2D eigenvalue weighted by Crippen LogP contribution is 2.45. The zero-order valence-electron chi connectivity index (χ0n) is 29.0. The first kappa shape index (κ1) is 32.1. The minimum atomic E-state index is -0.473. The number of amides is 2. The second kappa shape index (κ2) is 12.2. The molecule has 0 aliphatic carbocycles. The van der Waals surface area contributed by atoms with Crippen LogP contribution in [-0.2, 0) is 9.31 Å². The number of rotatable bonds is 12. The van der Waals surface area contributed by atoms with E-state index in [4.69, 9.17) is 9.31 Å². The van der Waals surface area contributed by atoms with Crippen molar-refractivity contribution in [3.8, 4) is 0 Å². The Morgan fingerprint density at radius 1 is 0.596 bits per heavy atom. The maximum absolute atomic E-state index is 14.4. The first-order valence-electron chi connectivity index (χ1n) is 18.0. The minimum absolute atomic E-state index is 0.0675. The Labute approximate surface area is 279 Å². The van der Waals surface area contributed by atoms with Gasteiger partial charge in [-0.05, 0) is 95.8 Å². The van der Waals surface area contributed by atoms with E-state index in [0.29, 0.717) is 11.1 Å². The van der Waals surface area contributed by atoms with Crippen LogP contribution in [0.15, 0.2) is 54.6 Å². The predicted molar refractivity (Wildman–Crippen MR) is 195 cm³/mol. The average molecular weight is 630 g/mol. The quantitative estimate of drug-likeness (QED) is 0.0453. The third-order valence-corrected chi connectivity index (χ3v) is 11.4. The van der Waals surface area contributed by atoms with Crippen LogP contribution in [0.5, 0.6) is 0 Å². The number of imide groups is 1. The molecule has 0 spiro atoms. The maximum atomic E-state index is 14.4. The van der Waals surface area contributed by atoms with Crippen molar-refractivity contribution in [1.29, 1.82) is 0 Å². The lowest BCUT2D eigenvalue weighted by atomic mass is 9.74. The summed E-state index contributed by atoms with van der Waals surface area (Å²) >= 11 is 0. The number of fused-ring (bicyclic) bond motifs is 2. The van der Waals surface area contributed by atoms with Gasteiger partial charge in [0.2, 0.25) is 0 Å². The molecule has 6 heteroatoms. The van der Waals surface area contributed by atoms with Crippen LogP contribution in [0.3, 0.4) is 0 Å². The Morgan fingerprint density at radius 3 is 1.64 bits per heavy atom. The lowest BCUT2D eigenvalue weighted by Crippen LogP contribution is -2.47. The smallest absolute Gasteiger partial charge is 0.399 e. The molecule has 2 aliphatic rings. The van der Waals surface area contributed by atoms with Crippen molar-refractivity contribution in [3.63, 3.8) is 0 Å². The first-order chi connectivity index (χ1) is 22.6. The summed E-state index contributed by atoms with van der Waals surface area (Å²) in [7, 11) is -0.473. The number of benzene rings is 5. The molecule has 2 aliphatic heterocycles. The van der Waals surface area contributed by atoms with Gasteiger partial charge in [0, 0.05) is 22.6 Å². The topological polar surface area (TPSA) is 55.8 Å². The van der Waals surface area contributed by atoms with Crippen LogP contribution in [0.1, 0.15) is 126 Å². The standard InChI is InChI=1S/C41H48BNO4/c1-7-9-11-13-16-26(17-14-12-10-8-2)43-38(44)32-22-20-29-27-18-15-19-31-34(42-46-40(3,4)41(5,6)47-42)25-24-28(35(27)31)30-21-23-33(39(43)45)37(32)36(29)30/h15,18-26H,7-14,16-17H2,1-6H3. The molecule has 0 N–H and O–H groups in total. The van der Waals surface area contributed by atoms with Gasteiger partial charge in [-0.15, -0.1) is 0 Å². The number of carbonyl (C=O) groups excluding carboxylic acids is 2. The lowest BCUT2D eigenvalue weighted by Gasteiger charge is -2.35. The molecule has 1 fully saturated rings. The second-order valence-electron chi connectivity index (χ2n) is 14.9. The summed E-state index contributed by atoms with van der Waals surface area (Å²) in [4.78, 5) is 30.4. The van der Waals surface area contributed by atoms with Crippen LogP contribution in [0, 0.1) is 0 Å². The summed E-state index contributed by atoms with van der Waals surface area (Å²) in [5, 5.41) is 8.42. The van der Waals surface area contributed by atoms with Gasteiger partial charge in [0.1, 0.15) is 0 Å². The van der Waals surface area contributed by atoms with Crippen molar-refractivity contribution in [3.05, 3.63) is 65.7 Å². The zero-order chi connectivity index (χ0) is 33.1. The van der Waals surface area contributed by atoms with Gasteiger partial charge >= 0.3 is 7.12 Å². The monoisotopic (exact) mass is 629 g/mol. The molecule has 5 aromatic carbocycles. The minimum Gasteiger partial charge on any atom is -0.399 e. The summed E-state index contributed by atoms with van der Waals surface area (Å²) in [6.07, 6.45) is 10.8. The predicted octanol–water partition coefficient (Wildman–Crippen LogP) is 9.94. The Balaban J connectivity index is 1.35. The fraction of sp³-hybridized carbons (Fsp3) is 0.463. The van der Waals surface area contributed by atoms with Gasteiger partial charge < -0.3 is 9.31 Å². The highest BCUT2D eigenvalue weighted by molar-refractivity contribution is 6.66. The second-order valence-corrected chi connectivity index (χ2v) is 14.9. The van der Waals surface area contributed by atoms with E-state index in [1.54, 1.807) is 4.90 Å². The van der Waals surface area contributed by atoms with E-state index in [1.165, 1.54) is 25.7 Å². The molecule has 5 nitrogen and oxygen atoms in total. The average Bonchev–Trinajstić information content (AvgIpc) is 3.27. The summed E-state index contributed by atoms with van der Waals surface area (Å²) in [5.74, 6) is -0.274. The first-order valence-corrected chi connectivity index (χ1v) is 18.0. The fourth-order valence-corrected chi connectivity index (χ4v) is 8.05. The third kappa shape index (κ3) is 5.14. The molecule has 244 valence electrons. The van der Waals surface area contributed by atoms with Gasteiger partial charge in [0.25, 0.3) is 11.8 Å². The number of hydrogen-bond acceptors (Lipinski definition) is 4. The number of carbonyl (C=O) groups is 2. The van der Waals surface area contributed by atoms with E-state index >= 15 is 0 Å². The van der Waals surface area contributed by atoms with Crippen LogP contribution in [-0.4, -0.2) is 41.1 Å². The van der Waals surface area contributed by atoms with Crippen molar-refractivity contribution in [1.82, 2.24) is 4.90 Å². The molecule has 7 rings (SSSR count). The summed E-state index contributed by atoms with van der Waals surface area (Å²) < 4.78 is 13.0. The maximum Gasteiger partial charge on any atom is 0.495 e. The van der Waals surface area contributed by atoms with Crippen molar-refractivity contribution >= 4 is 67.5 Å². The molecule has 2 heterocycles. The molecule has 0 aromatic heterocycles. The highest BCUT2D eigenvalue weighted by Gasteiger charge is 2.52. The molecule has 1 saturated heterocycles. The Morgan fingerprint density at radius 2 is 1.09 bits per heavy atom. The highest BCUT2D eigenvalue weighted by atomic mass is 16.7. The SMILES string of the molecule is CCCCCCC(CCCCCC)N1C(=O)c2ccc3c4cccc5c(B6OC(C)(C)C(C)(C)O6)ccc(c6ccc(c2c36)C1=O)c54. The molecule has 0 unspecified atom stereocenters. The van der Waals surface area contributed by atoms with E-state index in [1.807, 2.05) is 12.1 Å². The van der Waals surface area contributed by atoms with Crippen molar-refractivity contribution < 1.29 is 18.9 Å². The molecule has 2 amide bonds.